The number of nitrogens with zero attached hydrogens (tertiary/aromatic N) is 1. The second-order valence-electron chi connectivity index (χ2n) is 6.50. The molecule has 0 spiro atoms. The summed E-state index contributed by atoms with van der Waals surface area (Å²) in [5.41, 5.74) is 9.29. The van der Waals surface area contributed by atoms with Gasteiger partial charge >= 0.3 is 0 Å². The Labute approximate surface area is 134 Å². The summed E-state index contributed by atoms with van der Waals surface area (Å²) in [7, 11) is 2.27. The van der Waals surface area contributed by atoms with Gasteiger partial charge in [0.1, 0.15) is 0 Å². The van der Waals surface area contributed by atoms with Gasteiger partial charge in [0.2, 0.25) is 0 Å². The van der Waals surface area contributed by atoms with Crippen molar-refractivity contribution >= 4 is 11.8 Å². The largest absolute Gasteiger partial charge is 0.328 e. The van der Waals surface area contributed by atoms with Crippen LogP contribution in [-0.2, 0) is 5.54 Å². The summed E-state index contributed by atoms with van der Waals surface area (Å²) in [6.45, 7) is 5.39. The fraction of sp³-hybridized carbons (Fsp3) is 0.667. The summed E-state index contributed by atoms with van der Waals surface area (Å²) in [6, 6.07) is 9.49. The van der Waals surface area contributed by atoms with Gasteiger partial charge in [0.15, 0.2) is 0 Å². The molecule has 0 bridgehead atoms. The zero-order chi connectivity index (χ0) is 15.5. The highest BCUT2D eigenvalue weighted by molar-refractivity contribution is 7.98. The van der Waals surface area contributed by atoms with Crippen molar-refractivity contribution in [1.29, 1.82) is 0 Å². The van der Waals surface area contributed by atoms with Crippen LogP contribution in [-0.4, -0.2) is 36.5 Å². The van der Waals surface area contributed by atoms with Crippen molar-refractivity contribution in [3.05, 3.63) is 35.4 Å². The Morgan fingerprint density at radius 2 is 2.14 bits per heavy atom. The van der Waals surface area contributed by atoms with Crippen LogP contribution < -0.4 is 5.73 Å². The Morgan fingerprint density at radius 1 is 1.43 bits per heavy atom. The summed E-state index contributed by atoms with van der Waals surface area (Å²) in [5, 5.41) is 0. The molecule has 3 atom stereocenters. The average molecular weight is 307 g/mol. The predicted molar refractivity (Wildman–Crippen MR) is 95.0 cm³/mol. The van der Waals surface area contributed by atoms with E-state index in [0.717, 1.165) is 0 Å². The molecule has 2 nitrogen and oxygen atoms in total. The van der Waals surface area contributed by atoms with E-state index in [-0.39, 0.29) is 5.54 Å². The van der Waals surface area contributed by atoms with E-state index in [1.54, 1.807) is 0 Å². The Morgan fingerprint density at radius 3 is 2.81 bits per heavy atom. The number of nitrogens with two attached hydrogens (primary N) is 1. The van der Waals surface area contributed by atoms with Crippen LogP contribution in [0.25, 0.3) is 0 Å². The third-order valence-electron chi connectivity index (χ3n) is 5.40. The highest BCUT2D eigenvalue weighted by atomic mass is 32.2. The first kappa shape index (κ1) is 16.9. The van der Waals surface area contributed by atoms with Gasteiger partial charge in [0.05, 0.1) is 5.54 Å². The fourth-order valence-electron chi connectivity index (χ4n) is 3.72. The number of rotatable bonds is 6. The maximum absolute atomic E-state index is 6.32. The van der Waals surface area contributed by atoms with E-state index in [2.05, 4.69) is 56.3 Å². The average Bonchev–Trinajstić information content (AvgIpc) is 2.53. The number of fused-ring (bicyclic) bond motifs is 1. The molecule has 1 aromatic carbocycles. The summed E-state index contributed by atoms with van der Waals surface area (Å²) < 4.78 is 0. The molecule has 3 unspecified atom stereocenters. The SMILES string of the molecule is CSCCC(C)N(C)C1(CN)CCC(C)c2ccccc21. The zero-order valence-corrected chi connectivity index (χ0v) is 14.7. The lowest BCUT2D eigenvalue weighted by Crippen LogP contribution is -2.54. The highest BCUT2D eigenvalue weighted by Gasteiger charge is 2.42. The Balaban J connectivity index is 2.35. The molecule has 0 saturated heterocycles. The molecule has 0 amide bonds. The Hall–Kier alpha value is -0.510. The van der Waals surface area contributed by atoms with Crippen LogP contribution in [0, 0.1) is 0 Å². The third kappa shape index (κ3) is 3.15. The van der Waals surface area contributed by atoms with Gasteiger partial charge < -0.3 is 5.73 Å². The van der Waals surface area contributed by atoms with Crippen LogP contribution in [0.2, 0.25) is 0 Å². The van der Waals surface area contributed by atoms with E-state index in [9.17, 15) is 0 Å². The third-order valence-corrected chi connectivity index (χ3v) is 6.04. The molecule has 0 aromatic heterocycles. The molecule has 2 rings (SSSR count). The molecule has 0 saturated carbocycles. The molecule has 1 aliphatic carbocycles. The minimum absolute atomic E-state index is 0.0148. The van der Waals surface area contributed by atoms with Crippen molar-refractivity contribution < 1.29 is 0 Å². The van der Waals surface area contributed by atoms with Gasteiger partial charge in [-0.15, -0.1) is 0 Å². The highest BCUT2D eigenvalue weighted by Crippen LogP contribution is 2.44. The van der Waals surface area contributed by atoms with Gasteiger partial charge in [-0.3, -0.25) is 4.90 Å². The molecule has 0 heterocycles. The van der Waals surface area contributed by atoms with Crippen molar-refractivity contribution in [1.82, 2.24) is 4.90 Å². The van der Waals surface area contributed by atoms with Crippen LogP contribution >= 0.6 is 11.8 Å². The van der Waals surface area contributed by atoms with Crippen LogP contribution in [0.1, 0.15) is 50.2 Å². The van der Waals surface area contributed by atoms with Gasteiger partial charge in [0, 0.05) is 12.6 Å². The topological polar surface area (TPSA) is 29.3 Å². The first-order valence-electron chi connectivity index (χ1n) is 8.08. The molecule has 21 heavy (non-hydrogen) atoms. The first-order valence-corrected chi connectivity index (χ1v) is 9.47. The number of benzene rings is 1. The van der Waals surface area contributed by atoms with Crippen molar-refractivity contribution in [3.63, 3.8) is 0 Å². The van der Waals surface area contributed by atoms with Gasteiger partial charge in [-0.05, 0) is 62.3 Å². The molecule has 1 aromatic rings. The minimum atomic E-state index is 0.0148. The lowest BCUT2D eigenvalue weighted by Gasteiger charge is -2.49. The van der Waals surface area contributed by atoms with E-state index < -0.39 is 0 Å². The van der Waals surface area contributed by atoms with Crippen molar-refractivity contribution in [2.45, 2.75) is 50.6 Å². The summed E-state index contributed by atoms with van der Waals surface area (Å²) in [6.07, 6.45) is 5.80. The molecule has 0 fully saturated rings. The predicted octanol–water partition coefficient (Wildman–Crippen LogP) is 3.81. The number of thioether (sulfide) groups is 1. The number of hydrogen-bond acceptors (Lipinski definition) is 3. The standard InChI is InChI=1S/C18H30N2S/c1-14-9-11-18(13-19,17-8-6-5-7-16(14)17)20(3)15(2)10-12-21-4/h5-8,14-15H,9-13,19H2,1-4H3. The van der Waals surface area contributed by atoms with Crippen LogP contribution in [0.5, 0.6) is 0 Å². The van der Waals surface area contributed by atoms with E-state index in [1.165, 1.54) is 36.1 Å². The molecule has 1 aliphatic rings. The monoisotopic (exact) mass is 306 g/mol. The van der Waals surface area contributed by atoms with E-state index in [4.69, 9.17) is 5.73 Å². The lowest BCUT2D eigenvalue weighted by atomic mass is 9.71. The Bertz CT molecular complexity index is 462. The van der Waals surface area contributed by atoms with Gasteiger partial charge in [-0.25, -0.2) is 0 Å². The second kappa shape index (κ2) is 7.17. The molecule has 3 heteroatoms. The first-order chi connectivity index (χ1) is 10.1. The molecular weight excluding hydrogens is 276 g/mol. The fourth-order valence-corrected chi connectivity index (χ4v) is 4.30. The molecule has 0 aliphatic heterocycles. The molecule has 2 N–H and O–H groups in total. The molecule has 118 valence electrons. The van der Waals surface area contributed by atoms with E-state index >= 15 is 0 Å². The van der Waals surface area contributed by atoms with Gasteiger partial charge in [-0.2, -0.15) is 11.8 Å². The maximum atomic E-state index is 6.32. The van der Waals surface area contributed by atoms with Crippen molar-refractivity contribution in [3.8, 4) is 0 Å². The second-order valence-corrected chi connectivity index (χ2v) is 7.49. The molecule has 0 radical (unpaired) electrons. The van der Waals surface area contributed by atoms with Gasteiger partial charge in [-0.1, -0.05) is 31.2 Å². The minimum Gasteiger partial charge on any atom is -0.328 e. The quantitative estimate of drug-likeness (QED) is 0.866. The summed E-state index contributed by atoms with van der Waals surface area (Å²) >= 11 is 1.93. The smallest absolute Gasteiger partial charge is 0.0586 e. The van der Waals surface area contributed by atoms with Crippen LogP contribution in [0.15, 0.2) is 24.3 Å². The zero-order valence-electron chi connectivity index (χ0n) is 13.9. The van der Waals surface area contributed by atoms with Crippen molar-refractivity contribution in [2.75, 3.05) is 25.6 Å². The number of hydrogen-bond donors (Lipinski definition) is 1. The van der Waals surface area contributed by atoms with Gasteiger partial charge in [0.25, 0.3) is 0 Å². The molecular formula is C18H30N2S. The normalized spacial score (nSPS) is 26.7. The number of likely N-dealkylation sites (N-methyl/N-ethyl adjacent to an activating group) is 1. The van der Waals surface area contributed by atoms with Crippen LogP contribution in [0.4, 0.5) is 0 Å². The Kier molecular flexibility index (Phi) is 5.75. The van der Waals surface area contributed by atoms with Crippen LogP contribution in [0.3, 0.4) is 0 Å². The summed E-state index contributed by atoms with van der Waals surface area (Å²) in [5.74, 6) is 1.86. The van der Waals surface area contributed by atoms with E-state index in [0.29, 0.717) is 18.5 Å². The lowest BCUT2D eigenvalue weighted by molar-refractivity contribution is 0.0611. The maximum Gasteiger partial charge on any atom is 0.0586 e. The summed E-state index contributed by atoms with van der Waals surface area (Å²) in [4.78, 5) is 2.55. The van der Waals surface area contributed by atoms with Crippen molar-refractivity contribution in [2.24, 2.45) is 5.73 Å². The van der Waals surface area contributed by atoms with E-state index in [1.807, 2.05) is 11.8 Å².